The van der Waals surface area contributed by atoms with Gasteiger partial charge in [-0.15, -0.1) is 0 Å². The van der Waals surface area contributed by atoms with E-state index < -0.39 is 84.1 Å². The number of carbonyl (C=O) groups excluding carboxylic acids is 3. The molecule has 80 heavy (non-hydrogen) atoms. The normalized spacial score (nSPS) is 14.4. The first kappa shape index (κ1) is 59.4. The third-order valence-corrected chi connectivity index (χ3v) is 12.1. The van der Waals surface area contributed by atoms with Gasteiger partial charge < -0.3 is 50.6 Å². The standard InChI is InChI=1S/C31H34ClF3N6O6.C21H17ClF3N5O3/c1-29(2,3)47-23(42)14-13-22(25(44)45-4)37-24(43)18-5-11-21(12-6-18)36-26-38-27(40-28(39-26)46-17-31(33,34)35)41-30(15-16-30)19-7-9-20(32)10-8-19;22-14-5-3-13(4-6-14)20(9-10-20)30-18-27-17(28-19(29-18)33-11-21(23,24)25)26-15-7-1-12(2-8-15)16(31)32/h5-12,22H,13-17H2,1-4H3,(H,37,43)(H2,36,38,39,40,41);1-8H,9-11H2,(H,31,32)(H2,26,27,28,29,30)/t22-;/m0./s1. The molecule has 1 atom stereocenters. The number of amides is 1. The lowest BCUT2D eigenvalue weighted by Gasteiger charge is -2.21. The molecule has 20 nitrogen and oxygen atoms in total. The molecule has 2 heterocycles. The predicted octanol–water partition coefficient (Wildman–Crippen LogP) is 10.7. The number of ether oxygens (including phenoxy) is 4. The van der Waals surface area contributed by atoms with Crippen LogP contribution in [0, 0.1) is 0 Å². The minimum atomic E-state index is -4.62. The molecule has 6 aromatic rings. The lowest BCUT2D eigenvalue weighted by molar-refractivity contribution is -0.156. The van der Waals surface area contributed by atoms with Crippen LogP contribution in [0.5, 0.6) is 12.0 Å². The summed E-state index contributed by atoms with van der Waals surface area (Å²) in [5, 5.41) is 24.8. The van der Waals surface area contributed by atoms with Gasteiger partial charge in [-0.2, -0.15) is 56.2 Å². The van der Waals surface area contributed by atoms with E-state index in [0.29, 0.717) is 21.4 Å². The number of aromatic nitrogens is 6. The molecule has 0 bridgehead atoms. The van der Waals surface area contributed by atoms with Crippen LogP contribution in [-0.4, -0.2) is 103 Å². The van der Waals surface area contributed by atoms with Gasteiger partial charge in [-0.3, -0.25) is 9.59 Å². The second kappa shape index (κ2) is 24.8. The molecule has 8 rings (SSSR count). The topological polar surface area (TPSA) is 263 Å². The average molecular weight is 1160 g/mol. The predicted molar refractivity (Wildman–Crippen MR) is 279 cm³/mol. The van der Waals surface area contributed by atoms with Crippen molar-refractivity contribution in [2.45, 2.75) is 94.4 Å². The average Bonchev–Trinajstić information content (AvgIpc) is 4.49. The SMILES string of the molecule is COC(=O)[C@H](CCC(=O)OC(C)(C)C)NC(=O)c1ccc(Nc2nc(NC3(c4ccc(Cl)cc4)CC3)nc(OCC(F)(F)F)n2)cc1.O=C(O)c1ccc(Nc2nc(NC3(c4ccc(Cl)cc4)CC3)nc(OCC(F)(F)F)n2)cc1. The maximum absolute atomic E-state index is 12.9. The molecule has 0 spiro atoms. The zero-order valence-corrected chi connectivity index (χ0v) is 44.4. The Labute approximate surface area is 462 Å². The Hall–Kier alpha value is -8.26. The zero-order chi connectivity index (χ0) is 58.0. The molecule has 0 aliphatic heterocycles. The van der Waals surface area contributed by atoms with E-state index in [1.54, 1.807) is 45.0 Å². The Morgan fingerprint density at radius 3 is 1.36 bits per heavy atom. The minimum absolute atomic E-state index is 0.0108. The van der Waals surface area contributed by atoms with Crippen LogP contribution in [0.2, 0.25) is 10.0 Å². The molecule has 6 N–H and O–H groups in total. The molecule has 424 valence electrons. The van der Waals surface area contributed by atoms with Crippen LogP contribution in [0.4, 0.5) is 61.5 Å². The summed E-state index contributed by atoms with van der Waals surface area (Å²) in [6.45, 7) is 1.98. The van der Waals surface area contributed by atoms with Gasteiger partial charge in [0.2, 0.25) is 23.8 Å². The maximum Gasteiger partial charge on any atom is 0.422 e. The fraction of sp³-hybridized carbons (Fsp3) is 0.346. The van der Waals surface area contributed by atoms with Crippen molar-refractivity contribution in [3.8, 4) is 12.0 Å². The molecule has 28 heteroatoms. The number of carboxylic acids is 1. The number of carbonyl (C=O) groups is 4. The van der Waals surface area contributed by atoms with Gasteiger partial charge in [0.05, 0.1) is 23.8 Å². The number of aromatic carboxylic acids is 1. The third-order valence-electron chi connectivity index (χ3n) is 11.6. The first-order valence-corrected chi connectivity index (χ1v) is 25.0. The first-order valence-electron chi connectivity index (χ1n) is 24.2. The molecule has 0 radical (unpaired) electrons. The van der Waals surface area contributed by atoms with E-state index in [9.17, 15) is 45.5 Å². The number of halogens is 8. The lowest BCUT2D eigenvalue weighted by atomic mass is 10.1. The number of hydrogen-bond donors (Lipinski definition) is 6. The van der Waals surface area contributed by atoms with Crippen LogP contribution < -0.4 is 36.1 Å². The zero-order valence-electron chi connectivity index (χ0n) is 42.9. The summed E-state index contributed by atoms with van der Waals surface area (Å²) in [4.78, 5) is 72.8. The highest BCUT2D eigenvalue weighted by Gasteiger charge is 2.46. The van der Waals surface area contributed by atoms with Crippen molar-refractivity contribution in [1.82, 2.24) is 35.2 Å². The van der Waals surface area contributed by atoms with Gasteiger partial charge in [-0.1, -0.05) is 47.5 Å². The van der Waals surface area contributed by atoms with Crippen LogP contribution in [0.1, 0.15) is 91.1 Å². The van der Waals surface area contributed by atoms with Crippen LogP contribution in [0.15, 0.2) is 97.1 Å². The third kappa shape index (κ3) is 17.9. The minimum Gasteiger partial charge on any atom is -0.478 e. The van der Waals surface area contributed by atoms with E-state index in [1.165, 1.54) is 55.6 Å². The number of nitrogens with one attached hydrogen (secondary N) is 5. The van der Waals surface area contributed by atoms with Gasteiger partial charge in [0, 0.05) is 33.4 Å². The number of carboxylic acid groups (broad SMARTS) is 1. The van der Waals surface area contributed by atoms with Crippen molar-refractivity contribution in [3.63, 3.8) is 0 Å². The second-order valence-corrected chi connectivity index (χ2v) is 20.0. The summed E-state index contributed by atoms with van der Waals surface area (Å²) in [7, 11) is 1.17. The smallest absolute Gasteiger partial charge is 0.422 e. The van der Waals surface area contributed by atoms with Gasteiger partial charge in [0.1, 0.15) is 11.6 Å². The molecule has 2 aromatic heterocycles. The van der Waals surface area contributed by atoms with Gasteiger partial charge in [-0.25, -0.2) is 9.59 Å². The largest absolute Gasteiger partial charge is 0.478 e. The van der Waals surface area contributed by atoms with Crippen LogP contribution in [-0.2, 0) is 30.1 Å². The fourth-order valence-corrected chi connectivity index (χ4v) is 7.74. The van der Waals surface area contributed by atoms with E-state index in [0.717, 1.165) is 36.8 Å². The number of alkyl halides is 6. The van der Waals surface area contributed by atoms with E-state index in [2.05, 4.69) is 56.5 Å². The Kier molecular flexibility index (Phi) is 18.4. The molecule has 1 amide bonds. The number of esters is 2. The highest BCUT2D eigenvalue weighted by Crippen LogP contribution is 2.49. The highest BCUT2D eigenvalue weighted by atomic mass is 35.5. The monoisotopic (exact) mass is 1160 g/mol. The molecule has 2 fully saturated rings. The molecular formula is C52H51Cl2F6N11O9. The van der Waals surface area contributed by atoms with Crippen LogP contribution in [0.25, 0.3) is 0 Å². The fourth-order valence-electron chi connectivity index (χ4n) is 7.49. The molecule has 2 aliphatic rings. The quantitative estimate of drug-likeness (QED) is 0.0289. The van der Waals surface area contributed by atoms with Crippen molar-refractivity contribution in [2.75, 3.05) is 41.6 Å². The summed E-state index contributed by atoms with van der Waals surface area (Å²) < 4.78 is 96.2. The van der Waals surface area contributed by atoms with Crippen molar-refractivity contribution in [1.29, 1.82) is 0 Å². The van der Waals surface area contributed by atoms with Gasteiger partial charge in [0.25, 0.3) is 5.91 Å². The van der Waals surface area contributed by atoms with E-state index in [1.807, 2.05) is 24.3 Å². The number of benzene rings is 4. The highest BCUT2D eigenvalue weighted by molar-refractivity contribution is 6.30. The Morgan fingerprint density at radius 1 is 0.600 bits per heavy atom. The van der Waals surface area contributed by atoms with E-state index in [4.69, 9.17) is 47.3 Å². The number of rotatable bonds is 21. The van der Waals surface area contributed by atoms with Crippen LogP contribution in [0.3, 0.4) is 0 Å². The maximum atomic E-state index is 12.9. The summed E-state index contributed by atoms with van der Waals surface area (Å²) in [5.74, 6) is -3.13. The molecule has 0 unspecified atom stereocenters. The van der Waals surface area contributed by atoms with Crippen molar-refractivity contribution in [2.24, 2.45) is 0 Å². The Morgan fingerprint density at radius 2 is 1.00 bits per heavy atom. The lowest BCUT2D eigenvalue weighted by Crippen LogP contribution is -2.42. The molecule has 2 aliphatic carbocycles. The van der Waals surface area contributed by atoms with Gasteiger partial charge in [0.15, 0.2) is 13.2 Å². The molecule has 2 saturated carbocycles. The van der Waals surface area contributed by atoms with E-state index in [-0.39, 0.29) is 47.8 Å². The number of anilines is 6. The van der Waals surface area contributed by atoms with Gasteiger partial charge >= 0.3 is 42.3 Å². The molecule has 4 aromatic carbocycles. The number of hydrogen-bond acceptors (Lipinski definition) is 18. The molecule has 0 saturated heterocycles. The van der Waals surface area contributed by atoms with Gasteiger partial charge in [-0.05, 0) is 137 Å². The second-order valence-electron chi connectivity index (χ2n) is 19.2. The Bertz CT molecular complexity index is 3150. The molecular weight excluding hydrogens is 1110 g/mol. The first-order chi connectivity index (χ1) is 37.7. The number of methoxy groups -OCH3 is 1. The summed E-state index contributed by atoms with van der Waals surface area (Å²) in [5.41, 5.74) is 1.18. The Balaban J connectivity index is 0.000000245. The van der Waals surface area contributed by atoms with E-state index >= 15 is 0 Å². The number of nitrogens with zero attached hydrogens (tertiary/aromatic N) is 6. The van der Waals surface area contributed by atoms with Crippen LogP contribution >= 0.6 is 23.2 Å². The summed E-state index contributed by atoms with van der Waals surface area (Å²) >= 11 is 12.0. The summed E-state index contributed by atoms with van der Waals surface area (Å²) in [6.07, 6.45) is -6.38. The summed E-state index contributed by atoms with van der Waals surface area (Å²) in [6, 6.07) is 23.8. The van der Waals surface area contributed by atoms with Crippen molar-refractivity contribution >= 4 is 82.2 Å². The van der Waals surface area contributed by atoms with Crippen molar-refractivity contribution in [3.05, 3.63) is 129 Å². The van der Waals surface area contributed by atoms with Crippen molar-refractivity contribution < 1.29 is 69.6 Å².